The van der Waals surface area contributed by atoms with Crippen LogP contribution in [0.4, 0.5) is 30.7 Å². The molecule has 0 aliphatic carbocycles. The number of piperidine rings is 1. The van der Waals surface area contributed by atoms with Crippen molar-refractivity contribution >= 4 is 11.7 Å². The maximum Gasteiger partial charge on any atom is 0.416 e. The zero-order chi connectivity index (χ0) is 25.7. The predicted octanol–water partition coefficient (Wildman–Crippen LogP) is 5.67. The number of benzene rings is 2. The number of nitrogens with zero attached hydrogens (tertiary/aromatic N) is 1. The first kappa shape index (κ1) is 25.2. The quantitative estimate of drug-likeness (QED) is 0.506. The third-order valence-corrected chi connectivity index (χ3v) is 6.40. The molecule has 2 saturated heterocycles. The lowest BCUT2D eigenvalue weighted by atomic mass is 9.85. The van der Waals surface area contributed by atoms with Gasteiger partial charge in [0, 0.05) is 25.3 Å². The van der Waals surface area contributed by atoms with E-state index in [1.165, 1.54) is 24.0 Å². The molecule has 2 aromatic carbocycles. The number of amides is 1. The molecular formula is C24H20F7NO3. The Labute approximate surface area is 195 Å². The number of carbonyl (C=O) groups excluding carboxylic acids is 2. The fraction of sp³-hybridized carbons (Fsp3) is 0.417. The van der Waals surface area contributed by atoms with E-state index in [2.05, 4.69) is 0 Å². The van der Waals surface area contributed by atoms with E-state index in [-0.39, 0.29) is 42.7 Å². The maximum atomic E-state index is 13.5. The molecule has 0 N–H and O–H groups in total. The van der Waals surface area contributed by atoms with E-state index in [0.29, 0.717) is 17.7 Å². The molecule has 0 bridgehead atoms. The van der Waals surface area contributed by atoms with Gasteiger partial charge in [0.15, 0.2) is 5.78 Å². The normalized spacial score (nSPS) is 24.0. The molecule has 2 heterocycles. The monoisotopic (exact) mass is 503 g/mol. The Morgan fingerprint density at radius 3 is 2.03 bits per heavy atom. The number of hydrogen-bond donors (Lipinski definition) is 0. The lowest BCUT2D eigenvalue weighted by Crippen LogP contribution is -2.46. The summed E-state index contributed by atoms with van der Waals surface area (Å²) in [5.41, 5.74) is -2.82. The van der Waals surface area contributed by atoms with Gasteiger partial charge in [-0.2, -0.15) is 26.3 Å². The van der Waals surface area contributed by atoms with Gasteiger partial charge in [-0.1, -0.05) is 12.1 Å². The number of Topliss-reactive ketones (excluding diaryl/α,β-unsaturated/α-hetero) is 1. The van der Waals surface area contributed by atoms with Crippen LogP contribution in [0.25, 0.3) is 0 Å². The molecule has 0 radical (unpaired) electrons. The molecule has 2 aliphatic rings. The number of hydrogen-bond acceptors (Lipinski definition) is 3. The summed E-state index contributed by atoms with van der Waals surface area (Å²) in [5, 5.41) is 0. The number of carbonyl (C=O) groups is 2. The van der Waals surface area contributed by atoms with Crippen LogP contribution in [0.2, 0.25) is 0 Å². The van der Waals surface area contributed by atoms with Gasteiger partial charge in [0.1, 0.15) is 5.82 Å². The third-order valence-electron chi connectivity index (χ3n) is 6.40. The molecule has 2 unspecified atom stereocenters. The van der Waals surface area contributed by atoms with Crippen LogP contribution < -0.4 is 0 Å². The smallest absolute Gasteiger partial charge is 0.368 e. The summed E-state index contributed by atoms with van der Waals surface area (Å²) in [6.45, 7) is 1.23. The zero-order valence-corrected chi connectivity index (χ0v) is 18.3. The number of alkyl halides is 6. The molecule has 2 fully saturated rings. The standard InChI is InChI=1S/C24H20F7NO3/c1-12(14-8-15(23(26,27)28)10-16(9-14)24(29,30)31)35-19-11-32-20(34)7-6-18(33)22(32)21(19)13-2-4-17(25)5-3-13/h2-5,8-10,12,19,21-22H,6-7,11H2,1H3/t12-,19+,21?,22?/m1/s1. The largest absolute Gasteiger partial charge is 0.416 e. The average molecular weight is 503 g/mol. The van der Waals surface area contributed by atoms with Crippen molar-refractivity contribution < 1.29 is 45.1 Å². The second-order valence-electron chi connectivity index (χ2n) is 8.69. The second kappa shape index (κ2) is 8.92. The summed E-state index contributed by atoms with van der Waals surface area (Å²) in [7, 11) is 0. The van der Waals surface area contributed by atoms with Crippen molar-refractivity contribution in [2.45, 2.75) is 56.3 Å². The molecule has 35 heavy (non-hydrogen) atoms. The SMILES string of the molecule is C[C@@H](O[C@H]1CN2C(=O)CCC(=O)C2C1c1ccc(F)cc1)c1cc(C(F)(F)F)cc(C(F)(F)F)c1. The highest BCUT2D eigenvalue weighted by atomic mass is 19.4. The number of fused-ring (bicyclic) bond motifs is 1. The minimum atomic E-state index is -5.01. The number of rotatable bonds is 4. The molecule has 4 atom stereocenters. The topological polar surface area (TPSA) is 46.6 Å². The van der Waals surface area contributed by atoms with Gasteiger partial charge in [0.05, 0.1) is 29.4 Å². The van der Waals surface area contributed by atoms with Gasteiger partial charge in [-0.05, 0) is 48.4 Å². The predicted molar refractivity (Wildman–Crippen MR) is 109 cm³/mol. The first-order chi connectivity index (χ1) is 16.3. The highest BCUT2D eigenvalue weighted by Crippen LogP contribution is 2.42. The van der Waals surface area contributed by atoms with Crippen molar-refractivity contribution in [2.75, 3.05) is 6.54 Å². The number of ketones is 1. The summed E-state index contributed by atoms with van der Waals surface area (Å²) in [6.07, 6.45) is -12.2. The molecule has 1 amide bonds. The Morgan fingerprint density at radius 1 is 0.914 bits per heavy atom. The third kappa shape index (κ3) is 5.05. The van der Waals surface area contributed by atoms with Crippen LogP contribution in [0.1, 0.15) is 54.0 Å². The van der Waals surface area contributed by atoms with E-state index in [9.17, 15) is 40.3 Å². The van der Waals surface area contributed by atoms with Crippen LogP contribution in [0.15, 0.2) is 42.5 Å². The zero-order valence-electron chi connectivity index (χ0n) is 18.3. The van der Waals surface area contributed by atoms with Crippen LogP contribution in [0.3, 0.4) is 0 Å². The van der Waals surface area contributed by atoms with Gasteiger partial charge in [-0.25, -0.2) is 4.39 Å². The van der Waals surface area contributed by atoms with E-state index >= 15 is 0 Å². The van der Waals surface area contributed by atoms with Crippen molar-refractivity contribution in [1.82, 2.24) is 4.90 Å². The first-order valence-electron chi connectivity index (χ1n) is 10.8. The molecule has 11 heteroatoms. The van der Waals surface area contributed by atoms with Crippen molar-refractivity contribution in [3.63, 3.8) is 0 Å². The molecule has 2 aliphatic heterocycles. The van der Waals surface area contributed by atoms with Gasteiger partial charge in [-0.15, -0.1) is 0 Å². The summed E-state index contributed by atoms with van der Waals surface area (Å²) in [5.74, 6) is -1.85. The molecular weight excluding hydrogens is 483 g/mol. The van der Waals surface area contributed by atoms with Crippen molar-refractivity contribution in [3.05, 3.63) is 70.5 Å². The highest BCUT2D eigenvalue weighted by molar-refractivity contribution is 5.96. The van der Waals surface area contributed by atoms with Crippen molar-refractivity contribution in [3.8, 4) is 0 Å². The van der Waals surface area contributed by atoms with Crippen LogP contribution >= 0.6 is 0 Å². The fourth-order valence-electron chi connectivity index (χ4n) is 4.73. The summed E-state index contributed by atoms with van der Waals surface area (Å²) in [6, 6.07) is 5.46. The van der Waals surface area contributed by atoms with E-state index in [4.69, 9.17) is 4.74 Å². The summed E-state index contributed by atoms with van der Waals surface area (Å²) < 4.78 is 99.2. The fourth-order valence-corrected chi connectivity index (χ4v) is 4.73. The molecule has 0 spiro atoms. The number of ether oxygens (including phenoxy) is 1. The molecule has 2 aromatic rings. The summed E-state index contributed by atoms with van der Waals surface area (Å²) in [4.78, 5) is 26.5. The van der Waals surface area contributed by atoms with Gasteiger partial charge < -0.3 is 9.64 Å². The Hall–Kier alpha value is -2.95. The first-order valence-corrected chi connectivity index (χ1v) is 10.8. The van der Waals surface area contributed by atoms with E-state index in [1.54, 1.807) is 0 Å². The van der Waals surface area contributed by atoms with Crippen molar-refractivity contribution in [2.24, 2.45) is 0 Å². The van der Waals surface area contributed by atoms with Gasteiger partial charge in [0.2, 0.25) is 5.91 Å². The lowest BCUT2D eigenvalue weighted by Gasteiger charge is -2.31. The minimum absolute atomic E-state index is 0.00252. The van der Waals surface area contributed by atoms with E-state index in [0.717, 1.165) is 12.1 Å². The van der Waals surface area contributed by atoms with Gasteiger partial charge in [0.25, 0.3) is 0 Å². The molecule has 4 nitrogen and oxygen atoms in total. The Kier molecular flexibility index (Phi) is 6.41. The van der Waals surface area contributed by atoms with Crippen molar-refractivity contribution in [1.29, 1.82) is 0 Å². The van der Waals surface area contributed by atoms with Crippen LogP contribution in [0.5, 0.6) is 0 Å². The summed E-state index contributed by atoms with van der Waals surface area (Å²) >= 11 is 0. The highest BCUT2D eigenvalue weighted by Gasteiger charge is 2.51. The lowest BCUT2D eigenvalue weighted by molar-refractivity contribution is -0.143. The molecule has 188 valence electrons. The molecule has 0 aromatic heterocycles. The van der Waals surface area contributed by atoms with Crippen LogP contribution in [0, 0.1) is 5.82 Å². The second-order valence-corrected chi connectivity index (χ2v) is 8.69. The molecule has 0 saturated carbocycles. The van der Waals surface area contributed by atoms with Crippen LogP contribution in [-0.4, -0.2) is 35.3 Å². The Morgan fingerprint density at radius 2 is 1.49 bits per heavy atom. The van der Waals surface area contributed by atoms with E-state index < -0.39 is 53.5 Å². The van der Waals surface area contributed by atoms with Gasteiger partial charge in [-0.3, -0.25) is 9.59 Å². The Bertz CT molecular complexity index is 1100. The number of halogens is 7. The van der Waals surface area contributed by atoms with Crippen LogP contribution in [-0.2, 0) is 26.7 Å². The molecule has 4 rings (SSSR count). The minimum Gasteiger partial charge on any atom is -0.368 e. The maximum absolute atomic E-state index is 13.5. The average Bonchev–Trinajstić information content (AvgIpc) is 3.15. The van der Waals surface area contributed by atoms with E-state index in [1.807, 2.05) is 0 Å². The Balaban J connectivity index is 1.70. The van der Waals surface area contributed by atoms with Gasteiger partial charge >= 0.3 is 12.4 Å².